The molecule has 1 amide bonds. The molecule has 1 aliphatic rings. The Labute approximate surface area is 118 Å². The third-order valence-corrected chi connectivity index (χ3v) is 4.44. The van der Waals surface area contributed by atoms with Crippen LogP contribution in [0.1, 0.15) is 35.5 Å². The first-order valence-electron chi connectivity index (χ1n) is 6.59. The van der Waals surface area contributed by atoms with Crippen LogP contribution in [-0.4, -0.2) is 35.6 Å². The summed E-state index contributed by atoms with van der Waals surface area (Å²) in [6.07, 6.45) is 1.10. The first kappa shape index (κ1) is 14.1. The second-order valence-electron chi connectivity index (χ2n) is 5.20. The third-order valence-electron chi connectivity index (χ3n) is 3.59. The molecule has 0 radical (unpaired) electrons. The highest BCUT2D eigenvalue weighted by atomic mass is 32.1. The molecule has 0 aliphatic carbocycles. The minimum Gasteiger partial charge on any atom is -0.384 e. The molecule has 2 heterocycles. The SMILES string of the molecule is CC(C)C1CCN(C(=O)c2csc(C#CCO)c2)C1. The van der Waals surface area contributed by atoms with Crippen molar-refractivity contribution < 1.29 is 9.90 Å². The Morgan fingerprint density at radius 3 is 3.05 bits per heavy atom. The zero-order chi connectivity index (χ0) is 13.8. The maximum absolute atomic E-state index is 12.3. The molecular weight excluding hydrogens is 258 g/mol. The van der Waals surface area contributed by atoms with Crippen molar-refractivity contribution in [3.05, 3.63) is 21.9 Å². The molecular formula is C15H19NO2S. The fraction of sp³-hybridized carbons (Fsp3) is 0.533. The molecule has 0 spiro atoms. The molecule has 1 fully saturated rings. The second kappa shape index (κ2) is 6.23. The van der Waals surface area contributed by atoms with E-state index in [1.54, 1.807) is 0 Å². The van der Waals surface area contributed by atoms with Gasteiger partial charge in [0.2, 0.25) is 0 Å². The van der Waals surface area contributed by atoms with Gasteiger partial charge in [-0.25, -0.2) is 0 Å². The van der Waals surface area contributed by atoms with Gasteiger partial charge in [-0.2, -0.15) is 0 Å². The predicted molar refractivity (Wildman–Crippen MR) is 77.1 cm³/mol. The van der Waals surface area contributed by atoms with Crippen molar-refractivity contribution in [3.8, 4) is 11.8 Å². The first-order chi connectivity index (χ1) is 9.11. The number of hydrogen-bond donors (Lipinski definition) is 1. The van der Waals surface area contributed by atoms with Crippen LogP contribution in [-0.2, 0) is 0 Å². The van der Waals surface area contributed by atoms with E-state index in [0.29, 0.717) is 11.8 Å². The van der Waals surface area contributed by atoms with Crippen molar-refractivity contribution in [2.24, 2.45) is 11.8 Å². The smallest absolute Gasteiger partial charge is 0.254 e. The van der Waals surface area contributed by atoms with Gasteiger partial charge in [-0.15, -0.1) is 11.3 Å². The lowest BCUT2D eigenvalue weighted by Crippen LogP contribution is -2.29. The average molecular weight is 277 g/mol. The lowest BCUT2D eigenvalue weighted by molar-refractivity contribution is 0.0784. The van der Waals surface area contributed by atoms with E-state index in [1.165, 1.54) is 11.3 Å². The van der Waals surface area contributed by atoms with Crippen LogP contribution in [0, 0.1) is 23.7 Å². The predicted octanol–water partition coefficient (Wildman–Crippen LogP) is 2.21. The summed E-state index contributed by atoms with van der Waals surface area (Å²) in [5.74, 6) is 6.79. The summed E-state index contributed by atoms with van der Waals surface area (Å²) in [5.41, 5.74) is 0.719. The van der Waals surface area contributed by atoms with Crippen LogP contribution in [0.15, 0.2) is 11.4 Å². The molecule has 1 atom stereocenters. The summed E-state index contributed by atoms with van der Waals surface area (Å²) in [7, 11) is 0. The molecule has 0 saturated carbocycles. The molecule has 102 valence electrons. The summed E-state index contributed by atoms with van der Waals surface area (Å²) >= 11 is 1.45. The molecule has 3 nitrogen and oxygen atoms in total. The van der Waals surface area contributed by atoms with Crippen LogP contribution in [0.3, 0.4) is 0 Å². The van der Waals surface area contributed by atoms with E-state index in [-0.39, 0.29) is 12.5 Å². The molecule has 1 unspecified atom stereocenters. The molecule has 1 aromatic rings. The lowest BCUT2D eigenvalue weighted by atomic mass is 9.95. The van der Waals surface area contributed by atoms with E-state index in [0.717, 1.165) is 30.0 Å². The number of amides is 1. The van der Waals surface area contributed by atoms with Gasteiger partial charge in [0.1, 0.15) is 6.61 Å². The Kier molecular flexibility index (Phi) is 4.62. The maximum Gasteiger partial charge on any atom is 0.254 e. The number of likely N-dealkylation sites (tertiary alicyclic amines) is 1. The first-order valence-corrected chi connectivity index (χ1v) is 7.47. The number of carbonyl (C=O) groups is 1. The molecule has 2 rings (SSSR count). The normalized spacial score (nSPS) is 18.5. The summed E-state index contributed by atoms with van der Waals surface area (Å²) in [6, 6.07) is 1.82. The molecule has 1 saturated heterocycles. The monoisotopic (exact) mass is 277 g/mol. The van der Waals surface area contributed by atoms with Crippen LogP contribution >= 0.6 is 11.3 Å². The second-order valence-corrected chi connectivity index (χ2v) is 6.11. The van der Waals surface area contributed by atoms with Crippen LogP contribution in [0.25, 0.3) is 0 Å². The van der Waals surface area contributed by atoms with E-state index in [9.17, 15) is 4.79 Å². The number of rotatable bonds is 2. The van der Waals surface area contributed by atoms with Crippen molar-refractivity contribution in [1.82, 2.24) is 4.90 Å². The zero-order valence-corrected chi connectivity index (χ0v) is 12.2. The van der Waals surface area contributed by atoms with Gasteiger partial charge in [0, 0.05) is 18.5 Å². The zero-order valence-electron chi connectivity index (χ0n) is 11.3. The largest absolute Gasteiger partial charge is 0.384 e. The van der Waals surface area contributed by atoms with Crippen molar-refractivity contribution in [2.45, 2.75) is 20.3 Å². The van der Waals surface area contributed by atoms with Crippen LogP contribution in [0.4, 0.5) is 0 Å². The molecule has 1 aromatic heterocycles. The highest BCUT2D eigenvalue weighted by Crippen LogP contribution is 2.25. The molecule has 0 bridgehead atoms. The van der Waals surface area contributed by atoms with Gasteiger partial charge >= 0.3 is 0 Å². The molecule has 1 aliphatic heterocycles. The fourth-order valence-corrected chi connectivity index (χ4v) is 3.09. The number of hydrogen-bond acceptors (Lipinski definition) is 3. The Bertz CT molecular complexity index is 510. The highest BCUT2D eigenvalue weighted by molar-refractivity contribution is 7.10. The van der Waals surface area contributed by atoms with E-state index in [4.69, 9.17) is 5.11 Å². The average Bonchev–Trinajstić information content (AvgIpc) is 3.04. The molecule has 4 heteroatoms. The topological polar surface area (TPSA) is 40.5 Å². The van der Waals surface area contributed by atoms with Gasteiger partial charge in [-0.3, -0.25) is 4.79 Å². The Hall–Kier alpha value is -1.31. The van der Waals surface area contributed by atoms with Crippen molar-refractivity contribution in [2.75, 3.05) is 19.7 Å². The van der Waals surface area contributed by atoms with E-state index < -0.39 is 0 Å². The van der Waals surface area contributed by atoms with Gasteiger partial charge in [-0.1, -0.05) is 25.7 Å². The van der Waals surface area contributed by atoms with Gasteiger partial charge in [0.05, 0.1) is 10.4 Å². The summed E-state index contributed by atoms with van der Waals surface area (Å²) in [4.78, 5) is 15.1. The number of thiophene rings is 1. The van der Waals surface area contributed by atoms with E-state index in [2.05, 4.69) is 25.7 Å². The van der Waals surface area contributed by atoms with Crippen molar-refractivity contribution in [3.63, 3.8) is 0 Å². The van der Waals surface area contributed by atoms with Gasteiger partial charge < -0.3 is 10.0 Å². The minimum absolute atomic E-state index is 0.108. The van der Waals surface area contributed by atoms with Crippen molar-refractivity contribution in [1.29, 1.82) is 0 Å². The Morgan fingerprint density at radius 2 is 2.42 bits per heavy atom. The van der Waals surface area contributed by atoms with Crippen molar-refractivity contribution >= 4 is 17.2 Å². The maximum atomic E-state index is 12.3. The van der Waals surface area contributed by atoms with Crippen LogP contribution in [0.2, 0.25) is 0 Å². The summed E-state index contributed by atoms with van der Waals surface area (Å²) in [5, 5.41) is 10.5. The minimum atomic E-state index is -0.149. The van der Waals surface area contributed by atoms with Gasteiger partial charge in [-0.05, 0) is 24.3 Å². The number of aliphatic hydroxyl groups is 1. The third kappa shape index (κ3) is 3.37. The lowest BCUT2D eigenvalue weighted by Gasteiger charge is -2.17. The highest BCUT2D eigenvalue weighted by Gasteiger charge is 2.28. The standard InChI is InChI=1S/C15H19NO2S/c1-11(2)12-5-6-16(9-12)15(18)13-8-14(19-10-13)4-3-7-17/h8,10-12,17H,5-7,9H2,1-2H3. The quantitative estimate of drug-likeness (QED) is 0.842. The van der Waals surface area contributed by atoms with Crippen LogP contribution in [0.5, 0.6) is 0 Å². The molecule has 1 N–H and O–H groups in total. The number of aliphatic hydroxyl groups excluding tert-OH is 1. The van der Waals surface area contributed by atoms with E-state index in [1.807, 2.05) is 16.3 Å². The fourth-order valence-electron chi connectivity index (χ4n) is 2.34. The van der Waals surface area contributed by atoms with Gasteiger partial charge in [0.15, 0.2) is 0 Å². The summed E-state index contributed by atoms with van der Waals surface area (Å²) in [6.45, 7) is 6.00. The van der Waals surface area contributed by atoms with E-state index >= 15 is 0 Å². The number of carbonyl (C=O) groups excluding carboxylic acids is 1. The van der Waals surface area contributed by atoms with Gasteiger partial charge in [0.25, 0.3) is 5.91 Å². The molecule has 0 aromatic carbocycles. The Balaban J connectivity index is 2.02. The summed E-state index contributed by atoms with van der Waals surface area (Å²) < 4.78 is 0. The molecule has 19 heavy (non-hydrogen) atoms. The van der Waals surface area contributed by atoms with Crippen LogP contribution < -0.4 is 0 Å². The number of nitrogens with zero attached hydrogens (tertiary/aromatic N) is 1. The Morgan fingerprint density at radius 1 is 1.63 bits per heavy atom.